The van der Waals surface area contributed by atoms with Crippen LogP contribution in [0.1, 0.15) is 15.9 Å². The van der Waals surface area contributed by atoms with Crippen LogP contribution in [-0.4, -0.2) is 42.8 Å². The van der Waals surface area contributed by atoms with Gasteiger partial charge in [0, 0.05) is 30.5 Å². The molecule has 1 saturated heterocycles. The number of morpholine rings is 1. The summed E-state index contributed by atoms with van der Waals surface area (Å²) in [4.78, 5) is 14.3. The summed E-state index contributed by atoms with van der Waals surface area (Å²) in [5.74, 6) is 5.92. The Morgan fingerprint density at radius 2 is 1.86 bits per heavy atom. The average Bonchev–Trinajstić information content (AvgIpc) is 2.73. The van der Waals surface area contributed by atoms with E-state index >= 15 is 0 Å². The minimum absolute atomic E-state index is 0.0590. The van der Waals surface area contributed by atoms with Gasteiger partial charge in [-0.1, -0.05) is 29.8 Å². The van der Waals surface area contributed by atoms with Gasteiger partial charge in [-0.15, -0.1) is 0 Å². The van der Waals surface area contributed by atoms with Crippen molar-refractivity contribution < 1.29 is 9.53 Å². The van der Waals surface area contributed by atoms with Gasteiger partial charge in [-0.05, 0) is 24.3 Å². The highest BCUT2D eigenvalue weighted by atomic mass is 35.5. The molecule has 0 aromatic heterocycles. The van der Waals surface area contributed by atoms with Crippen LogP contribution in [0.4, 0.5) is 11.4 Å². The lowest BCUT2D eigenvalue weighted by Gasteiger charge is -2.27. The Bertz CT molecular complexity index is 956. The zero-order chi connectivity index (χ0) is 21.0. The molecule has 1 fully saturated rings. The van der Waals surface area contributed by atoms with Crippen molar-refractivity contribution in [3.63, 3.8) is 0 Å². The van der Waals surface area contributed by atoms with Crippen LogP contribution in [0.15, 0.2) is 54.4 Å². The van der Waals surface area contributed by atoms with Crippen LogP contribution in [0.25, 0.3) is 0 Å². The molecular weight excluding hydrogens is 392 g/mol. The minimum atomic E-state index is -0.148. The van der Waals surface area contributed by atoms with Gasteiger partial charge in [0.25, 0.3) is 5.91 Å². The van der Waals surface area contributed by atoms with Crippen molar-refractivity contribution >= 4 is 34.6 Å². The highest BCUT2D eigenvalue weighted by Crippen LogP contribution is 2.25. The first-order valence-electron chi connectivity index (χ1n) is 9.00. The normalized spacial score (nSPS) is 14.6. The third-order valence-electron chi connectivity index (χ3n) is 4.58. The molecule has 3 rings (SSSR count). The third-order valence-corrected chi connectivity index (χ3v) is 4.89. The predicted molar refractivity (Wildman–Crippen MR) is 115 cm³/mol. The first kappa shape index (κ1) is 20.7. The van der Waals surface area contributed by atoms with Gasteiger partial charge in [0.2, 0.25) is 0 Å². The van der Waals surface area contributed by atoms with Crippen molar-refractivity contribution in [3.8, 4) is 0 Å². The largest absolute Gasteiger partial charge is 0.398 e. The van der Waals surface area contributed by atoms with E-state index in [-0.39, 0.29) is 22.3 Å². The summed E-state index contributed by atoms with van der Waals surface area (Å²) in [5.41, 5.74) is 14.0. The van der Waals surface area contributed by atoms with Crippen molar-refractivity contribution in [3.05, 3.63) is 70.5 Å². The quantitative estimate of drug-likeness (QED) is 0.255. The Morgan fingerprint density at radius 3 is 2.52 bits per heavy atom. The number of rotatable bonds is 5. The fourth-order valence-electron chi connectivity index (χ4n) is 2.94. The number of nitrogens with one attached hydrogen (secondary N) is 1. The molecule has 9 heteroatoms. The molecule has 2 aromatic rings. The first-order chi connectivity index (χ1) is 13.9. The number of hydrogen-bond donors (Lipinski definition) is 4. The molecule has 0 spiro atoms. The van der Waals surface area contributed by atoms with E-state index in [0.29, 0.717) is 48.8 Å². The smallest absolute Gasteiger partial charge is 0.255 e. The number of nitrogens with zero attached hydrogens (tertiary/aromatic N) is 2. The molecule has 0 unspecified atom stereocenters. The zero-order valence-electron chi connectivity index (χ0n) is 15.8. The highest BCUT2D eigenvalue weighted by molar-refractivity contribution is 6.34. The molecule has 0 radical (unpaired) electrons. The molecule has 1 aliphatic rings. The number of hydrogen-bond acceptors (Lipinski definition) is 7. The van der Waals surface area contributed by atoms with E-state index in [2.05, 4.69) is 0 Å². The maximum Gasteiger partial charge on any atom is 0.255 e. The number of allylic oxidation sites excluding steroid dienone is 1. The number of benzene rings is 2. The molecule has 0 saturated carbocycles. The molecule has 0 atom stereocenters. The van der Waals surface area contributed by atoms with Crippen molar-refractivity contribution in [2.24, 2.45) is 11.6 Å². The molecule has 2 aromatic carbocycles. The molecule has 1 amide bonds. The van der Waals surface area contributed by atoms with E-state index in [1.54, 1.807) is 47.4 Å². The number of halogens is 1. The Morgan fingerprint density at radius 1 is 1.17 bits per heavy atom. The molecular formula is C20H23ClN6O2. The van der Waals surface area contributed by atoms with Gasteiger partial charge in [0.15, 0.2) is 0 Å². The number of anilines is 2. The average molecular weight is 415 g/mol. The van der Waals surface area contributed by atoms with Gasteiger partial charge in [0.1, 0.15) is 0 Å². The van der Waals surface area contributed by atoms with Crippen molar-refractivity contribution in [1.82, 2.24) is 4.90 Å². The summed E-state index contributed by atoms with van der Waals surface area (Å²) < 4.78 is 5.27. The van der Waals surface area contributed by atoms with Crippen LogP contribution in [0, 0.1) is 5.41 Å². The molecule has 8 nitrogen and oxygen atoms in total. The van der Waals surface area contributed by atoms with Crippen molar-refractivity contribution in [2.45, 2.75) is 0 Å². The standard InChI is InChI=1S/C20H23ClN6O2/c21-16-11-13(5-6-14(16)20(28)26-7-9-29-10-8-26)27(25)12-18(23)19(24)15-3-1-2-4-17(15)22/h1-6,11-12,24H,7-10,22-23,25H2/b18-12-,24-19?. The molecule has 1 heterocycles. The summed E-state index contributed by atoms with van der Waals surface area (Å²) >= 11 is 6.33. The molecule has 1 aliphatic heterocycles. The Kier molecular flexibility index (Phi) is 6.38. The lowest BCUT2D eigenvalue weighted by atomic mass is 10.1. The van der Waals surface area contributed by atoms with Gasteiger partial charge in [-0.25, -0.2) is 5.84 Å². The molecule has 0 aliphatic carbocycles. The fraction of sp³-hybridized carbons (Fsp3) is 0.200. The van der Waals surface area contributed by atoms with E-state index in [9.17, 15) is 4.79 Å². The molecule has 7 N–H and O–H groups in total. The number of ether oxygens (including phenoxy) is 1. The maximum absolute atomic E-state index is 12.6. The molecule has 0 bridgehead atoms. The summed E-state index contributed by atoms with van der Waals surface area (Å²) in [6.45, 7) is 2.09. The summed E-state index contributed by atoms with van der Waals surface area (Å²) in [7, 11) is 0. The number of carbonyl (C=O) groups excluding carboxylic acids is 1. The maximum atomic E-state index is 12.6. The summed E-state index contributed by atoms with van der Waals surface area (Å²) in [6.07, 6.45) is 1.41. The monoisotopic (exact) mass is 414 g/mol. The Hall–Kier alpha value is -3.07. The van der Waals surface area contributed by atoms with Crippen LogP contribution in [-0.2, 0) is 4.74 Å². The number of amides is 1. The second-order valence-corrected chi connectivity index (χ2v) is 6.93. The van der Waals surface area contributed by atoms with E-state index < -0.39 is 0 Å². The van der Waals surface area contributed by atoms with Gasteiger partial charge < -0.3 is 21.1 Å². The first-order valence-corrected chi connectivity index (χ1v) is 9.38. The number of hydrazine groups is 1. The Balaban J connectivity index is 1.77. The van der Waals surface area contributed by atoms with E-state index in [4.69, 9.17) is 39.1 Å². The van der Waals surface area contributed by atoms with Crippen LogP contribution >= 0.6 is 11.6 Å². The van der Waals surface area contributed by atoms with E-state index in [1.165, 1.54) is 11.2 Å². The van der Waals surface area contributed by atoms with Crippen LogP contribution in [0.3, 0.4) is 0 Å². The topological polar surface area (TPSA) is 135 Å². The predicted octanol–water partition coefficient (Wildman–Crippen LogP) is 1.94. The Labute approximate surface area is 173 Å². The number of nitrogen functional groups attached to an aromatic ring is 1. The van der Waals surface area contributed by atoms with Crippen molar-refractivity contribution in [1.29, 1.82) is 5.41 Å². The third kappa shape index (κ3) is 4.68. The van der Waals surface area contributed by atoms with Crippen molar-refractivity contribution in [2.75, 3.05) is 37.0 Å². The number of para-hydroxylation sites is 1. The SMILES string of the molecule is N=C(/C(N)=C/N(N)c1ccc(C(=O)N2CCOCC2)c(Cl)c1)c1ccccc1N. The second kappa shape index (κ2) is 8.95. The molecule has 152 valence electrons. The van der Waals surface area contributed by atoms with Gasteiger partial charge in [0.05, 0.1) is 40.9 Å². The highest BCUT2D eigenvalue weighted by Gasteiger charge is 2.21. The zero-order valence-corrected chi connectivity index (χ0v) is 16.5. The van der Waals surface area contributed by atoms with Gasteiger partial charge in [-0.3, -0.25) is 15.2 Å². The van der Waals surface area contributed by atoms with E-state index in [0.717, 1.165) is 0 Å². The number of nitrogens with two attached hydrogens (primary N) is 3. The van der Waals surface area contributed by atoms with Crippen LogP contribution < -0.4 is 22.3 Å². The second-order valence-electron chi connectivity index (χ2n) is 6.52. The van der Waals surface area contributed by atoms with E-state index in [1.807, 2.05) is 0 Å². The van der Waals surface area contributed by atoms with Crippen LogP contribution in [0.2, 0.25) is 5.02 Å². The number of carbonyl (C=O) groups is 1. The lowest BCUT2D eigenvalue weighted by molar-refractivity contribution is 0.0303. The fourth-order valence-corrected chi connectivity index (χ4v) is 3.20. The summed E-state index contributed by atoms with van der Waals surface area (Å²) in [6, 6.07) is 11.8. The molecule has 29 heavy (non-hydrogen) atoms. The minimum Gasteiger partial charge on any atom is -0.398 e. The lowest BCUT2D eigenvalue weighted by Crippen LogP contribution is -2.40. The summed E-state index contributed by atoms with van der Waals surface area (Å²) in [5, 5.41) is 9.77. The van der Waals surface area contributed by atoms with Gasteiger partial charge >= 0.3 is 0 Å². The van der Waals surface area contributed by atoms with Gasteiger partial charge in [-0.2, -0.15) is 0 Å². The van der Waals surface area contributed by atoms with Crippen LogP contribution in [0.5, 0.6) is 0 Å².